The summed E-state index contributed by atoms with van der Waals surface area (Å²) in [4.78, 5) is 19.6. The van der Waals surface area contributed by atoms with E-state index in [0.29, 0.717) is 31.2 Å². The fourth-order valence-corrected chi connectivity index (χ4v) is 6.75. The second-order valence-electron chi connectivity index (χ2n) is 9.28. The first-order chi connectivity index (χ1) is 17.7. The van der Waals surface area contributed by atoms with Crippen molar-refractivity contribution >= 4 is 43.8 Å². The quantitative estimate of drug-likeness (QED) is 0.505. The number of carbonyl (C=O) groups excluding carboxylic acids is 1. The average Bonchev–Trinajstić information content (AvgIpc) is 3.31. The number of aryl methyl sites for hydroxylation is 2. The number of nitrogens with one attached hydrogen (secondary N) is 1. The van der Waals surface area contributed by atoms with Crippen LogP contribution in [0.2, 0.25) is 0 Å². The standard InChI is InChI=1S/C25H29FN6O3S2.H2/c1-17(32-11-3-4-19-16-20(26)5-10-23(19)32)24(33)31-14-12-30(13-15-31)21-6-8-22(9-7-21)37(34,35)29-25-28-27-18(2)36-25;/h5-10,16-17H,3-4,11-15H2,1-2H3,(H,28,29);1H/t17-;/m1./s1. The van der Waals surface area contributed by atoms with Crippen LogP contribution in [0.1, 0.15) is 25.3 Å². The molecule has 9 nitrogen and oxygen atoms in total. The molecule has 3 heterocycles. The van der Waals surface area contributed by atoms with Gasteiger partial charge in [-0.2, -0.15) is 0 Å². The number of piperazine rings is 1. The molecule has 37 heavy (non-hydrogen) atoms. The molecule has 1 saturated heterocycles. The Morgan fingerprint density at radius 3 is 2.49 bits per heavy atom. The molecule has 1 N–H and O–H groups in total. The highest BCUT2D eigenvalue weighted by Gasteiger charge is 2.31. The Morgan fingerprint density at radius 1 is 1.08 bits per heavy atom. The number of hydrogen-bond acceptors (Lipinski definition) is 8. The molecule has 0 aliphatic carbocycles. The molecular formula is C25H31FN6O3S2. The Hall–Kier alpha value is -3.25. The minimum Gasteiger partial charge on any atom is -0.368 e. The summed E-state index contributed by atoms with van der Waals surface area (Å²) >= 11 is 1.17. The summed E-state index contributed by atoms with van der Waals surface area (Å²) < 4.78 is 41.4. The van der Waals surface area contributed by atoms with E-state index in [1.807, 2.05) is 11.8 Å². The first-order valence-corrected chi connectivity index (χ1v) is 14.5. The van der Waals surface area contributed by atoms with Gasteiger partial charge in [-0.05, 0) is 74.7 Å². The summed E-state index contributed by atoms with van der Waals surface area (Å²) in [5.74, 6) is -0.180. The van der Waals surface area contributed by atoms with Gasteiger partial charge in [-0.15, -0.1) is 10.2 Å². The largest absolute Gasteiger partial charge is 0.368 e. The lowest BCUT2D eigenvalue weighted by atomic mass is 9.99. The summed E-state index contributed by atoms with van der Waals surface area (Å²) in [5.41, 5.74) is 2.80. The molecule has 5 rings (SSSR count). The summed E-state index contributed by atoms with van der Waals surface area (Å²) in [6.07, 6.45) is 1.71. The predicted octanol–water partition coefficient (Wildman–Crippen LogP) is 3.52. The number of carbonyl (C=O) groups is 1. The molecule has 1 atom stereocenters. The third-order valence-electron chi connectivity index (χ3n) is 6.87. The number of aromatic nitrogens is 2. The Balaban J connectivity index is 0.00000336. The van der Waals surface area contributed by atoms with Crippen LogP contribution in [0.15, 0.2) is 47.4 Å². The summed E-state index contributed by atoms with van der Waals surface area (Å²) in [5, 5.41) is 8.55. The van der Waals surface area contributed by atoms with Crippen molar-refractivity contribution in [2.45, 2.75) is 37.6 Å². The number of fused-ring (bicyclic) bond motifs is 1. The maximum absolute atomic E-state index is 13.7. The molecule has 0 spiro atoms. The monoisotopic (exact) mass is 546 g/mol. The minimum absolute atomic E-state index is 0. The van der Waals surface area contributed by atoms with E-state index in [-0.39, 0.29) is 29.2 Å². The van der Waals surface area contributed by atoms with Crippen LogP contribution in [0, 0.1) is 12.7 Å². The first-order valence-electron chi connectivity index (χ1n) is 12.2. The molecule has 0 saturated carbocycles. The SMILES string of the molecule is Cc1nnc(NS(=O)(=O)c2ccc(N3CCN(C(=O)[C@@H](C)N4CCCc5cc(F)ccc54)CC3)cc2)s1.[HH]. The summed E-state index contributed by atoms with van der Waals surface area (Å²) in [7, 11) is -3.75. The lowest BCUT2D eigenvalue weighted by Gasteiger charge is -2.41. The van der Waals surface area contributed by atoms with Gasteiger partial charge < -0.3 is 14.7 Å². The number of rotatable bonds is 6. The topological polar surface area (TPSA) is 98.7 Å². The van der Waals surface area contributed by atoms with Gasteiger partial charge in [0.1, 0.15) is 16.9 Å². The molecule has 2 aliphatic rings. The van der Waals surface area contributed by atoms with Gasteiger partial charge in [0.15, 0.2) is 0 Å². The third kappa shape index (κ3) is 5.40. The number of amides is 1. The zero-order valence-electron chi connectivity index (χ0n) is 20.7. The van der Waals surface area contributed by atoms with E-state index >= 15 is 0 Å². The van der Waals surface area contributed by atoms with Crippen LogP contribution >= 0.6 is 11.3 Å². The highest BCUT2D eigenvalue weighted by molar-refractivity contribution is 7.93. The van der Waals surface area contributed by atoms with Crippen LogP contribution in [0.4, 0.5) is 20.9 Å². The smallest absolute Gasteiger partial charge is 0.263 e. The summed E-state index contributed by atoms with van der Waals surface area (Å²) in [6.45, 7) is 6.89. The Labute approximate surface area is 221 Å². The van der Waals surface area contributed by atoms with Gasteiger partial charge in [-0.3, -0.25) is 9.52 Å². The van der Waals surface area contributed by atoms with Crippen molar-refractivity contribution in [1.29, 1.82) is 0 Å². The first kappa shape index (κ1) is 25.4. The van der Waals surface area contributed by atoms with E-state index in [0.717, 1.165) is 36.3 Å². The molecule has 2 aromatic carbocycles. The third-order valence-corrected chi connectivity index (χ3v) is 9.11. The van der Waals surface area contributed by atoms with Crippen LogP contribution in [-0.2, 0) is 21.2 Å². The number of halogens is 1. The van der Waals surface area contributed by atoms with Crippen LogP contribution in [0.3, 0.4) is 0 Å². The van der Waals surface area contributed by atoms with Crippen LogP contribution < -0.4 is 14.5 Å². The van der Waals surface area contributed by atoms with Crippen LogP contribution in [-0.4, -0.2) is 68.2 Å². The zero-order chi connectivity index (χ0) is 26.2. The molecule has 1 fully saturated rings. The van der Waals surface area contributed by atoms with E-state index in [2.05, 4.69) is 24.7 Å². The van der Waals surface area contributed by atoms with Crippen molar-refractivity contribution in [2.24, 2.45) is 0 Å². The summed E-state index contributed by atoms with van der Waals surface area (Å²) in [6, 6.07) is 11.2. The molecule has 0 radical (unpaired) electrons. The average molecular weight is 547 g/mol. The molecular weight excluding hydrogens is 515 g/mol. The minimum atomic E-state index is -3.75. The second kappa shape index (κ2) is 10.3. The molecule has 2 aliphatic heterocycles. The van der Waals surface area contributed by atoms with Gasteiger partial charge in [0.05, 0.1) is 4.90 Å². The molecule has 0 unspecified atom stereocenters. The van der Waals surface area contributed by atoms with Gasteiger partial charge in [-0.25, -0.2) is 12.8 Å². The maximum atomic E-state index is 13.7. The van der Waals surface area contributed by atoms with Crippen molar-refractivity contribution in [3.05, 3.63) is 58.9 Å². The normalized spacial score (nSPS) is 16.9. The number of benzene rings is 2. The van der Waals surface area contributed by atoms with Gasteiger partial charge in [0.25, 0.3) is 10.0 Å². The van der Waals surface area contributed by atoms with Gasteiger partial charge in [0, 0.05) is 45.5 Å². The van der Waals surface area contributed by atoms with E-state index in [1.54, 1.807) is 43.3 Å². The lowest BCUT2D eigenvalue weighted by Crippen LogP contribution is -2.55. The number of nitrogens with zero attached hydrogens (tertiary/aromatic N) is 5. The van der Waals surface area contributed by atoms with Gasteiger partial charge in [-0.1, -0.05) is 11.3 Å². The van der Waals surface area contributed by atoms with E-state index in [1.165, 1.54) is 17.4 Å². The van der Waals surface area contributed by atoms with Crippen LogP contribution in [0.5, 0.6) is 0 Å². The number of sulfonamides is 1. The van der Waals surface area contributed by atoms with Crippen molar-refractivity contribution in [2.75, 3.05) is 47.2 Å². The molecule has 198 valence electrons. The van der Waals surface area contributed by atoms with E-state index in [4.69, 9.17) is 0 Å². The fourth-order valence-electron chi connectivity index (χ4n) is 4.93. The highest BCUT2D eigenvalue weighted by Crippen LogP contribution is 2.30. The second-order valence-corrected chi connectivity index (χ2v) is 12.1. The molecule has 0 bridgehead atoms. The Bertz CT molecular complexity index is 1390. The van der Waals surface area contributed by atoms with Gasteiger partial charge in [0.2, 0.25) is 11.0 Å². The molecule has 12 heteroatoms. The molecule has 3 aromatic rings. The zero-order valence-corrected chi connectivity index (χ0v) is 22.4. The number of hydrogen-bond donors (Lipinski definition) is 1. The predicted molar refractivity (Wildman–Crippen MR) is 144 cm³/mol. The maximum Gasteiger partial charge on any atom is 0.263 e. The van der Waals surface area contributed by atoms with Gasteiger partial charge >= 0.3 is 0 Å². The van der Waals surface area contributed by atoms with Crippen molar-refractivity contribution in [3.8, 4) is 0 Å². The van der Waals surface area contributed by atoms with Crippen molar-refractivity contribution in [3.63, 3.8) is 0 Å². The molecule has 1 aromatic heterocycles. The van der Waals surface area contributed by atoms with E-state index < -0.39 is 10.0 Å². The number of anilines is 3. The Morgan fingerprint density at radius 2 is 1.81 bits per heavy atom. The van der Waals surface area contributed by atoms with E-state index in [9.17, 15) is 17.6 Å². The lowest BCUT2D eigenvalue weighted by molar-refractivity contribution is -0.132. The van der Waals surface area contributed by atoms with Crippen molar-refractivity contribution in [1.82, 2.24) is 15.1 Å². The van der Waals surface area contributed by atoms with Crippen LogP contribution in [0.25, 0.3) is 0 Å². The molecule has 1 amide bonds. The fraction of sp³-hybridized carbons (Fsp3) is 0.400. The Kier molecular flexibility index (Phi) is 7.04. The highest BCUT2D eigenvalue weighted by atomic mass is 32.2. The van der Waals surface area contributed by atoms with Crippen molar-refractivity contribution < 1.29 is 19.0 Å².